The SMILES string of the molecule is CC(C)(C)OC(=O)NC(CC(=O)OCc1ccccc1)C(=O)N1CCCC1C#N. The summed E-state index contributed by atoms with van der Waals surface area (Å²) < 4.78 is 10.4. The van der Waals surface area contributed by atoms with Gasteiger partial charge in [0.15, 0.2) is 0 Å². The number of nitrogens with zero attached hydrogens (tertiary/aromatic N) is 2. The van der Waals surface area contributed by atoms with Gasteiger partial charge >= 0.3 is 12.1 Å². The van der Waals surface area contributed by atoms with Gasteiger partial charge in [-0.1, -0.05) is 30.3 Å². The van der Waals surface area contributed by atoms with Crippen molar-refractivity contribution in [1.29, 1.82) is 5.26 Å². The Morgan fingerprint density at radius 3 is 2.59 bits per heavy atom. The van der Waals surface area contributed by atoms with Crippen molar-refractivity contribution in [3.05, 3.63) is 35.9 Å². The Balaban J connectivity index is 2.04. The molecule has 0 saturated carbocycles. The molecule has 29 heavy (non-hydrogen) atoms. The number of alkyl carbamates (subject to hydrolysis) is 1. The molecule has 1 aliphatic rings. The molecule has 8 nitrogen and oxygen atoms in total. The summed E-state index contributed by atoms with van der Waals surface area (Å²) in [6, 6.07) is 9.50. The van der Waals surface area contributed by atoms with Crippen molar-refractivity contribution in [3.63, 3.8) is 0 Å². The highest BCUT2D eigenvalue weighted by Gasteiger charge is 2.36. The lowest BCUT2D eigenvalue weighted by Crippen LogP contribution is -2.51. The molecule has 0 spiro atoms. The van der Waals surface area contributed by atoms with Crippen LogP contribution in [0.1, 0.15) is 45.6 Å². The number of benzene rings is 1. The van der Waals surface area contributed by atoms with E-state index in [9.17, 15) is 19.6 Å². The maximum absolute atomic E-state index is 12.9. The van der Waals surface area contributed by atoms with Crippen molar-refractivity contribution in [1.82, 2.24) is 10.2 Å². The van der Waals surface area contributed by atoms with Gasteiger partial charge in [0.2, 0.25) is 5.91 Å². The van der Waals surface area contributed by atoms with Gasteiger partial charge in [-0.2, -0.15) is 5.26 Å². The van der Waals surface area contributed by atoms with Crippen molar-refractivity contribution in [2.45, 2.75) is 64.3 Å². The molecule has 0 bridgehead atoms. The lowest BCUT2D eigenvalue weighted by Gasteiger charge is -2.27. The second-order valence-electron chi connectivity index (χ2n) is 7.87. The van der Waals surface area contributed by atoms with Gasteiger partial charge in [-0.15, -0.1) is 0 Å². The number of likely N-dealkylation sites (tertiary alicyclic amines) is 1. The molecule has 8 heteroatoms. The van der Waals surface area contributed by atoms with Crippen molar-refractivity contribution in [2.75, 3.05) is 6.54 Å². The molecular formula is C21H27N3O5. The molecule has 1 aliphatic heterocycles. The molecular weight excluding hydrogens is 374 g/mol. The van der Waals surface area contributed by atoms with E-state index in [1.807, 2.05) is 30.3 Å². The predicted octanol–water partition coefficient (Wildman–Crippen LogP) is 2.53. The van der Waals surface area contributed by atoms with Crippen molar-refractivity contribution >= 4 is 18.0 Å². The fraction of sp³-hybridized carbons (Fsp3) is 0.524. The molecule has 2 amide bonds. The van der Waals surface area contributed by atoms with Crippen LogP contribution in [0.25, 0.3) is 0 Å². The highest BCUT2D eigenvalue weighted by molar-refractivity contribution is 5.90. The van der Waals surface area contributed by atoms with Gasteiger partial charge in [0, 0.05) is 6.54 Å². The zero-order chi connectivity index (χ0) is 21.4. The summed E-state index contributed by atoms with van der Waals surface area (Å²) >= 11 is 0. The lowest BCUT2D eigenvalue weighted by molar-refractivity contribution is -0.148. The number of nitrogens with one attached hydrogen (secondary N) is 1. The third kappa shape index (κ3) is 7.11. The lowest BCUT2D eigenvalue weighted by atomic mass is 10.1. The Hall–Kier alpha value is -3.08. The molecule has 2 unspecified atom stereocenters. The number of carbonyl (C=O) groups excluding carboxylic acids is 3. The molecule has 1 saturated heterocycles. The van der Waals surface area contributed by atoms with Crippen LogP contribution in [-0.4, -0.2) is 47.1 Å². The van der Waals surface area contributed by atoms with Crippen LogP contribution in [0, 0.1) is 11.3 Å². The van der Waals surface area contributed by atoms with Crippen molar-refractivity contribution in [3.8, 4) is 6.07 Å². The molecule has 1 N–H and O–H groups in total. The van der Waals surface area contributed by atoms with Gasteiger partial charge in [0.05, 0.1) is 12.5 Å². The zero-order valence-corrected chi connectivity index (χ0v) is 17.0. The summed E-state index contributed by atoms with van der Waals surface area (Å²) in [5.41, 5.74) is 0.0573. The van der Waals surface area contributed by atoms with Crippen LogP contribution in [-0.2, 0) is 25.7 Å². The first kappa shape index (κ1) is 22.2. The Kier molecular flexibility index (Phi) is 7.59. The summed E-state index contributed by atoms with van der Waals surface area (Å²) in [5.74, 6) is -1.12. The summed E-state index contributed by atoms with van der Waals surface area (Å²) in [4.78, 5) is 38.8. The first-order chi connectivity index (χ1) is 13.7. The normalized spacial score (nSPS) is 17.2. The van der Waals surface area contributed by atoms with Gasteiger partial charge in [-0.05, 0) is 39.2 Å². The molecule has 2 atom stereocenters. The number of ether oxygens (including phenoxy) is 2. The summed E-state index contributed by atoms with van der Waals surface area (Å²) in [6.07, 6.45) is 0.112. The van der Waals surface area contributed by atoms with Crippen molar-refractivity contribution in [2.24, 2.45) is 0 Å². The minimum atomic E-state index is -1.16. The number of amides is 2. The molecule has 156 valence electrons. The van der Waals surface area contributed by atoms with Gasteiger partial charge in [0.25, 0.3) is 0 Å². The van der Waals surface area contributed by atoms with E-state index in [1.165, 1.54) is 4.90 Å². The Labute approximate surface area is 170 Å². The maximum Gasteiger partial charge on any atom is 0.408 e. The van der Waals surface area contributed by atoms with Gasteiger partial charge in [-0.25, -0.2) is 4.79 Å². The van der Waals surface area contributed by atoms with Crippen molar-refractivity contribution < 1.29 is 23.9 Å². The molecule has 0 aromatic heterocycles. The Bertz CT molecular complexity index is 767. The average molecular weight is 401 g/mol. The molecule has 1 heterocycles. The topological polar surface area (TPSA) is 109 Å². The number of hydrogen-bond acceptors (Lipinski definition) is 6. The number of nitriles is 1. The molecule has 1 aromatic rings. The van der Waals surface area contributed by atoms with Crippen LogP contribution in [0.3, 0.4) is 0 Å². The van der Waals surface area contributed by atoms with E-state index in [1.54, 1.807) is 20.8 Å². The van der Waals surface area contributed by atoms with E-state index in [2.05, 4.69) is 11.4 Å². The predicted molar refractivity (Wildman–Crippen MR) is 104 cm³/mol. The average Bonchev–Trinajstić information content (AvgIpc) is 3.13. The van der Waals surface area contributed by atoms with E-state index in [0.29, 0.717) is 19.4 Å². The Morgan fingerprint density at radius 2 is 1.97 bits per heavy atom. The molecule has 2 rings (SSSR count). The van der Waals surface area contributed by atoms with Crippen LogP contribution >= 0.6 is 0 Å². The van der Waals surface area contributed by atoms with E-state index in [0.717, 1.165) is 5.56 Å². The minimum Gasteiger partial charge on any atom is -0.461 e. The quantitative estimate of drug-likeness (QED) is 0.734. The number of esters is 1. The summed E-state index contributed by atoms with van der Waals surface area (Å²) in [5, 5.41) is 11.7. The van der Waals surface area contributed by atoms with E-state index in [-0.39, 0.29) is 13.0 Å². The highest BCUT2D eigenvalue weighted by Crippen LogP contribution is 2.19. The molecule has 0 radical (unpaired) electrons. The van der Waals surface area contributed by atoms with Gasteiger partial charge in [0.1, 0.15) is 24.3 Å². The van der Waals surface area contributed by atoms with Gasteiger partial charge in [-0.3, -0.25) is 9.59 Å². The standard InChI is InChI=1S/C21H27N3O5/c1-21(2,3)29-20(27)23-17(19(26)24-11-7-10-16(24)13-22)12-18(25)28-14-15-8-5-4-6-9-15/h4-6,8-9,16-17H,7,10-12,14H2,1-3H3,(H,23,27). The highest BCUT2D eigenvalue weighted by atomic mass is 16.6. The third-order valence-electron chi connectivity index (χ3n) is 4.29. The van der Waals surface area contributed by atoms with E-state index >= 15 is 0 Å². The fourth-order valence-electron chi connectivity index (χ4n) is 2.98. The molecule has 0 aliphatic carbocycles. The minimum absolute atomic E-state index is 0.0670. The number of rotatable bonds is 6. The molecule has 1 fully saturated rings. The summed E-state index contributed by atoms with van der Waals surface area (Å²) in [6.45, 7) is 5.57. The first-order valence-corrected chi connectivity index (χ1v) is 9.59. The first-order valence-electron chi connectivity index (χ1n) is 9.59. The monoisotopic (exact) mass is 401 g/mol. The second kappa shape index (κ2) is 9.92. The maximum atomic E-state index is 12.9. The van der Waals surface area contributed by atoms with Crippen LogP contribution < -0.4 is 5.32 Å². The third-order valence-corrected chi connectivity index (χ3v) is 4.29. The summed E-state index contributed by atoms with van der Waals surface area (Å²) in [7, 11) is 0. The zero-order valence-electron chi connectivity index (χ0n) is 17.0. The van der Waals surface area contributed by atoms with Crippen LogP contribution in [0.5, 0.6) is 0 Å². The number of hydrogen-bond donors (Lipinski definition) is 1. The van der Waals surface area contributed by atoms with Crippen LogP contribution in [0.4, 0.5) is 4.79 Å². The van der Waals surface area contributed by atoms with Crippen LogP contribution in [0.2, 0.25) is 0 Å². The van der Waals surface area contributed by atoms with E-state index < -0.39 is 35.7 Å². The van der Waals surface area contributed by atoms with E-state index in [4.69, 9.17) is 9.47 Å². The number of carbonyl (C=O) groups is 3. The Morgan fingerprint density at radius 1 is 1.28 bits per heavy atom. The van der Waals surface area contributed by atoms with Gasteiger partial charge < -0.3 is 19.7 Å². The molecule has 1 aromatic carbocycles. The van der Waals surface area contributed by atoms with Crippen LogP contribution in [0.15, 0.2) is 30.3 Å². The fourth-order valence-corrected chi connectivity index (χ4v) is 2.98. The smallest absolute Gasteiger partial charge is 0.408 e. The largest absolute Gasteiger partial charge is 0.461 e. The second-order valence-corrected chi connectivity index (χ2v) is 7.87.